The fourth-order valence-corrected chi connectivity index (χ4v) is 3.07. The summed E-state index contributed by atoms with van der Waals surface area (Å²) >= 11 is 0. The van der Waals surface area contributed by atoms with Crippen molar-refractivity contribution in [2.24, 2.45) is 16.6 Å². The van der Waals surface area contributed by atoms with Gasteiger partial charge in [0.15, 0.2) is 5.75 Å². The molecule has 3 rings (SSSR count). The van der Waals surface area contributed by atoms with Gasteiger partial charge in [-0.15, -0.1) is 0 Å². The van der Waals surface area contributed by atoms with Crippen molar-refractivity contribution >= 4 is 35.1 Å². The number of aliphatic imine (C=N–C) groups is 1. The minimum absolute atomic E-state index is 0.0552. The zero-order valence-corrected chi connectivity index (χ0v) is 20.7. The molecule has 208 valence electrons. The first-order valence-electron chi connectivity index (χ1n) is 11.2. The number of carbonyl (C=O) groups excluding carboxylic acids is 3. The van der Waals surface area contributed by atoms with Crippen LogP contribution in [0, 0.1) is 11.3 Å². The lowest BCUT2D eigenvalue weighted by atomic mass is 10.1. The van der Waals surface area contributed by atoms with Gasteiger partial charge >= 0.3 is 12.2 Å². The SMILES string of the molecule is COC(=O)NCc1nc(-c2cccc(N/C(=C/C(N)=NC(=O)C3CC3)C(=N)C(=O)NC(O)(O)O)c2OC)no1. The number of para-hydroxylation sites is 1. The number of amidine groups is 1. The topological polar surface area (TPSA) is 268 Å². The van der Waals surface area contributed by atoms with Gasteiger partial charge in [0.05, 0.1) is 31.2 Å². The van der Waals surface area contributed by atoms with Crippen molar-refractivity contribution in [3.8, 4) is 17.1 Å². The first-order chi connectivity index (χ1) is 18.4. The Labute approximate surface area is 220 Å². The molecule has 0 unspecified atom stereocenters. The highest BCUT2D eigenvalue weighted by Crippen LogP contribution is 2.36. The smallest absolute Gasteiger partial charge is 0.407 e. The lowest BCUT2D eigenvalue weighted by molar-refractivity contribution is -0.325. The lowest BCUT2D eigenvalue weighted by Crippen LogP contribution is -2.51. The quantitative estimate of drug-likeness (QED) is 0.0947. The number of hydrogen-bond donors (Lipinski definition) is 8. The third kappa shape index (κ3) is 8.06. The van der Waals surface area contributed by atoms with Gasteiger partial charge in [0, 0.05) is 12.0 Å². The van der Waals surface area contributed by atoms with E-state index in [2.05, 4.69) is 30.5 Å². The number of benzene rings is 1. The molecule has 0 bridgehead atoms. The van der Waals surface area contributed by atoms with Gasteiger partial charge in [0.1, 0.15) is 18.1 Å². The van der Waals surface area contributed by atoms with Crippen LogP contribution in [-0.2, 0) is 20.9 Å². The minimum atomic E-state index is -3.60. The Bertz CT molecular complexity index is 1330. The molecule has 9 N–H and O–H groups in total. The molecule has 3 amide bonds. The maximum atomic E-state index is 12.3. The summed E-state index contributed by atoms with van der Waals surface area (Å²) in [6, 6.07) is 4.63. The van der Waals surface area contributed by atoms with Crippen molar-refractivity contribution < 1.29 is 43.7 Å². The number of nitrogens with zero attached hydrogens (tertiary/aromatic N) is 3. The van der Waals surface area contributed by atoms with Gasteiger partial charge in [-0.2, -0.15) is 9.98 Å². The Morgan fingerprint density at radius 2 is 2.00 bits per heavy atom. The largest absolute Gasteiger partial charge is 0.494 e. The van der Waals surface area contributed by atoms with Crippen molar-refractivity contribution in [1.82, 2.24) is 20.8 Å². The molecule has 1 aliphatic rings. The summed E-state index contributed by atoms with van der Waals surface area (Å²) in [5.74, 6) is -2.22. The Morgan fingerprint density at radius 1 is 1.28 bits per heavy atom. The molecule has 1 heterocycles. The summed E-state index contributed by atoms with van der Waals surface area (Å²) in [7, 11) is 2.52. The van der Waals surface area contributed by atoms with Crippen LogP contribution in [0.5, 0.6) is 5.75 Å². The molecule has 1 aromatic carbocycles. The Morgan fingerprint density at radius 3 is 2.62 bits per heavy atom. The zero-order valence-electron chi connectivity index (χ0n) is 20.7. The second-order valence-corrected chi connectivity index (χ2v) is 8.04. The molecule has 0 radical (unpaired) electrons. The molecule has 17 heteroatoms. The summed E-state index contributed by atoms with van der Waals surface area (Å²) in [6.45, 7) is -0.112. The van der Waals surface area contributed by atoms with Gasteiger partial charge in [-0.25, -0.2) is 4.79 Å². The van der Waals surface area contributed by atoms with Crippen molar-refractivity contribution in [3.05, 3.63) is 35.9 Å². The predicted octanol–water partition coefficient (Wildman–Crippen LogP) is -1.09. The normalized spacial score (nSPS) is 13.9. The summed E-state index contributed by atoms with van der Waals surface area (Å²) in [5, 5.41) is 45.8. The second kappa shape index (κ2) is 12.1. The Hall–Kier alpha value is -4.87. The van der Waals surface area contributed by atoms with Crippen LogP contribution in [0.4, 0.5) is 10.5 Å². The highest BCUT2D eigenvalue weighted by Gasteiger charge is 2.30. The number of aliphatic hydroxyl groups is 3. The Kier molecular flexibility index (Phi) is 8.92. The molecule has 1 aromatic heterocycles. The molecule has 0 saturated heterocycles. The summed E-state index contributed by atoms with van der Waals surface area (Å²) in [6.07, 6.45) is -1.95. The van der Waals surface area contributed by atoms with Gasteiger partial charge in [0.25, 0.3) is 11.8 Å². The molecule has 1 fully saturated rings. The molecular formula is C22H26N8O9. The van der Waals surface area contributed by atoms with E-state index in [1.54, 1.807) is 12.1 Å². The van der Waals surface area contributed by atoms with Gasteiger partial charge in [-0.3, -0.25) is 20.3 Å². The fourth-order valence-electron chi connectivity index (χ4n) is 3.07. The van der Waals surface area contributed by atoms with Gasteiger partial charge < -0.3 is 45.7 Å². The number of carbonyl (C=O) groups is 3. The number of hydrogen-bond acceptors (Lipinski definition) is 13. The van der Waals surface area contributed by atoms with Crippen LogP contribution in [0.25, 0.3) is 11.4 Å². The van der Waals surface area contributed by atoms with E-state index in [1.807, 2.05) is 0 Å². The van der Waals surface area contributed by atoms with Crippen molar-refractivity contribution in [2.75, 3.05) is 19.5 Å². The molecule has 1 saturated carbocycles. The summed E-state index contributed by atoms with van der Waals surface area (Å²) in [5.41, 5.74) is 5.03. The molecule has 2 aromatic rings. The highest BCUT2D eigenvalue weighted by molar-refractivity contribution is 6.45. The number of amides is 3. The van der Waals surface area contributed by atoms with E-state index in [4.69, 9.17) is 35.7 Å². The summed E-state index contributed by atoms with van der Waals surface area (Å²) in [4.78, 5) is 43.6. The zero-order chi connectivity index (χ0) is 28.7. The molecule has 0 aliphatic heterocycles. The van der Waals surface area contributed by atoms with E-state index >= 15 is 0 Å². The molecule has 0 spiro atoms. The second-order valence-electron chi connectivity index (χ2n) is 8.04. The van der Waals surface area contributed by atoms with E-state index < -0.39 is 29.7 Å². The third-order valence-electron chi connectivity index (χ3n) is 5.00. The van der Waals surface area contributed by atoms with Gasteiger partial charge in [-0.1, -0.05) is 11.2 Å². The van der Waals surface area contributed by atoms with Crippen LogP contribution in [-0.4, -0.2) is 75.2 Å². The summed E-state index contributed by atoms with van der Waals surface area (Å²) < 4.78 is 15.1. The number of nitrogens with one attached hydrogen (secondary N) is 4. The van der Waals surface area contributed by atoms with Crippen LogP contribution >= 0.6 is 0 Å². The van der Waals surface area contributed by atoms with E-state index in [0.717, 1.165) is 6.08 Å². The highest BCUT2D eigenvalue weighted by atomic mass is 16.7. The number of nitrogens with two attached hydrogens (primary N) is 1. The Balaban J connectivity index is 1.95. The molecule has 39 heavy (non-hydrogen) atoms. The average Bonchev–Trinajstić information content (AvgIpc) is 3.63. The molecular weight excluding hydrogens is 520 g/mol. The first kappa shape index (κ1) is 28.7. The predicted molar refractivity (Wildman–Crippen MR) is 132 cm³/mol. The van der Waals surface area contributed by atoms with Crippen molar-refractivity contribution in [3.63, 3.8) is 0 Å². The van der Waals surface area contributed by atoms with Crippen molar-refractivity contribution in [2.45, 2.75) is 25.5 Å². The molecule has 1 aliphatic carbocycles. The van der Waals surface area contributed by atoms with Gasteiger partial charge in [-0.05, 0) is 25.0 Å². The average molecular weight is 546 g/mol. The third-order valence-corrected chi connectivity index (χ3v) is 5.00. The van der Waals surface area contributed by atoms with E-state index in [9.17, 15) is 14.4 Å². The maximum Gasteiger partial charge on any atom is 0.407 e. The maximum absolute atomic E-state index is 12.3. The fraction of sp³-hybridized carbons (Fsp3) is 0.318. The number of ether oxygens (including phenoxy) is 2. The van der Waals surface area contributed by atoms with E-state index in [-0.39, 0.29) is 47.1 Å². The van der Waals surface area contributed by atoms with Crippen molar-refractivity contribution in [1.29, 1.82) is 5.41 Å². The van der Waals surface area contributed by atoms with Crippen LogP contribution in [0.1, 0.15) is 18.7 Å². The van der Waals surface area contributed by atoms with E-state index in [0.29, 0.717) is 18.4 Å². The van der Waals surface area contributed by atoms with Crippen LogP contribution in [0.15, 0.2) is 39.5 Å². The molecule has 17 nitrogen and oxygen atoms in total. The van der Waals surface area contributed by atoms with Crippen LogP contribution in [0.2, 0.25) is 0 Å². The first-order valence-corrected chi connectivity index (χ1v) is 11.2. The van der Waals surface area contributed by atoms with Crippen LogP contribution in [0.3, 0.4) is 0 Å². The monoisotopic (exact) mass is 546 g/mol. The lowest BCUT2D eigenvalue weighted by Gasteiger charge is -2.19. The molecule has 0 atom stereocenters. The number of methoxy groups -OCH3 is 2. The number of rotatable bonds is 11. The number of anilines is 1. The number of alkyl carbamates (subject to hydrolysis) is 1. The number of aromatic nitrogens is 2. The standard InChI is InChI=1S/C22H26N8O9/c1-37-17-11(18-28-15(39-30-18)9-25-21(33)38-2)4-3-5-12(17)26-13(16(24)20(32)29-22(34,35)36)8-14(23)27-19(31)10-6-7-10/h3-5,8,10,24,26,34-36H,6-7,9H2,1-2H3,(H,25,33)(H,29,32)(H2,23,27,31)/b13-8+,24-16?. The van der Waals surface area contributed by atoms with E-state index in [1.165, 1.54) is 25.6 Å². The van der Waals surface area contributed by atoms with Crippen LogP contribution < -0.4 is 26.4 Å². The van der Waals surface area contributed by atoms with Gasteiger partial charge in [0.2, 0.25) is 11.7 Å². The minimum Gasteiger partial charge on any atom is -0.494 e.